The monoisotopic (exact) mass is 624 g/mol. The molecule has 1 aliphatic rings. The SMILES string of the molecule is C[C@H]1O[C@@H](O)C[C@@H](O[Si](c2ccccc2)(c2ccccc2)C(C)(C)C)[C@@H]1O[Si](c1ccccc1)(c1ccccc1)C(C)(C)C. The van der Waals surface area contributed by atoms with Gasteiger partial charge in [-0.1, -0.05) is 163 Å². The van der Waals surface area contributed by atoms with E-state index < -0.39 is 35.1 Å². The summed E-state index contributed by atoms with van der Waals surface area (Å²) in [6, 6.07) is 42.8. The van der Waals surface area contributed by atoms with E-state index in [1.165, 1.54) is 20.7 Å². The van der Waals surface area contributed by atoms with Crippen LogP contribution in [0.5, 0.6) is 0 Å². The summed E-state index contributed by atoms with van der Waals surface area (Å²) in [5, 5.41) is 15.5. The summed E-state index contributed by atoms with van der Waals surface area (Å²) in [7, 11) is -5.90. The Morgan fingerprint density at radius 3 is 1.20 bits per heavy atom. The highest BCUT2D eigenvalue weighted by atomic mass is 28.4. The van der Waals surface area contributed by atoms with Crippen molar-refractivity contribution in [2.24, 2.45) is 0 Å². The molecule has 0 unspecified atom stereocenters. The van der Waals surface area contributed by atoms with Crippen LogP contribution in [0.25, 0.3) is 0 Å². The Balaban J connectivity index is 1.70. The molecule has 6 heteroatoms. The van der Waals surface area contributed by atoms with Crippen molar-refractivity contribution in [3.8, 4) is 0 Å². The first-order valence-electron chi connectivity index (χ1n) is 15.8. The molecule has 0 aliphatic carbocycles. The first kappa shape index (κ1) is 32.5. The van der Waals surface area contributed by atoms with E-state index in [0.29, 0.717) is 6.42 Å². The average molecular weight is 625 g/mol. The third-order valence-corrected chi connectivity index (χ3v) is 19.2. The van der Waals surface area contributed by atoms with Crippen LogP contribution in [0.3, 0.4) is 0 Å². The number of ether oxygens (including phenoxy) is 1. The second-order valence-electron chi connectivity index (χ2n) is 14.1. The van der Waals surface area contributed by atoms with Crippen LogP contribution in [0.2, 0.25) is 10.1 Å². The lowest BCUT2D eigenvalue weighted by molar-refractivity contribution is -0.219. The minimum Gasteiger partial charge on any atom is -0.402 e. The Bertz CT molecular complexity index is 1390. The van der Waals surface area contributed by atoms with E-state index in [-0.39, 0.29) is 16.2 Å². The van der Waals surface area contributed by atoms with Gasteiger partial charge in [-0.3, -0.25) is 0 Å². The summed E-state index contributed by atoms with van der Waals surface area (Å²) in [6.45, 7) is 15.8. The molecule has 4 aromatic carbocycles. The van der Waals surface area contributed by atoms with Gasteiger partial charge in [0.1, 0.15) is 0 Å². The van der Waals surface area contributed by atoms with E-state index in [9.17, 15) is 5.11 Å². The zero-order valence-corrected chi connectivity index (χ0v) is 29.2. The minimum atomic E-state index is -2.95. The van der Waals surface area contributed by atoms with Crippen LogP contribution in [0, 0.1) is 0 Å². The largest absolute Gasteiger partial charge is 0.402 e. The van der Waals surface area contributed by atoms with Crippen molar-refractivity contribution in [3.63, 3.8) is 0 Å². The van der Waals surface area contributed by atoms with E-state index in [0.717, 1.165) is 0 Å². The van der Waals surface area contributed by atoms with E-state index in [2.05, 4.69) is 163 Å². The molecule has 1 aliphatic heterocycles. The van der Waals surface area contributed by atoms with Crippen molar-refractivity contribution in [2.45, 2.75) is 89.6 Å². The van der Waals surface area contributed by atoms with Crippen LogP contribution in [-0.2, 0) is 13.6 Å². The fourth-order valence-corrected chi connectivity index (χ4v) is 16.6. The first-order chi connectivity index (χ1) is 20.9. The quantitative estimate of drug-likeness (QED) is 0.244. The minimum absolute atomic E-state index is 0.215. The van der Waals surface area contributed by atoms with Gasteiger partial charge in [-0.15, -0.1) is 0 Å². The summed E-state index contributed by atoms with van der Waals surface area (Å²) in [5.74, 6) is 0. The molecule has 1 N–H and O–H groups in total. The molecule has 4 atom stereocenters. The lowest BCUT2D eigenvalue weighted by Crippen LogP contribution is -2.73. The second kappa shape index (κ2) is 12.9. The Kier molecular flexibility index (Phi) is 9.52. The van der Waals surface area contributed by atoms with Crippen LogP contribution >= 0.6 is 0 Å². The molecule has 1 saturated heterocycles. The Morgan fingerprint density at radius 2 is 0.886 bits per heavy atom. The fraction of sp³-hybridized carbons (Fsp3) is 0.368. The summed E-state index contributed by atoms with van der Waals surface area (Å²) in [5.41, 5.74) is 0. The number of rotatable bonds is 8. The van der Waals surface area contributed by atoms with Gasteiger partial charge in [0, 0.05) is 6.42 Å². The molecule has 0 amide bonds. The maximum Gasteiger partial charge on any atom is 0.261 e. The lowest BCUT2D eigenvalue weighted by Gasteiger charge is -2.52. The van der Waals surface area contributed by atoms with Gasteiger partial charge in [-0.2, -0.15) is 0 Å². The predicted octanol–water partition coefficient (Wildman–Crippen LogP) is 6.00. The average Bonchev–Trinajstić information content (AvgIpc) is 3.00. The molecular weight excluding hydrogens is 577 g/mol. The number of aliphatic hydroxyl groups excluding tert-OH is 1. The van der Waals surface area contributed by atoms with E-state index in [4.69, 9.17) is 13.6 Å². The fourth-order valence-electron chi connectivity index (χ4n) is 7.12. The van der Waals surface area contributed by atoms with E-state index in [1.54, 1.807) is 0 Å². The van der Waals surface area contributed by atoms with Crippen LogP contribution in [0.15, 0.2) is 121 Å². The van der Waals surface area contributed by atoms with Gasteiger partial charge in [0.15, 0.2) is 6.29 Å². The number of hydrogen-bond acceptors (Lipinski definition) is 4. The lowest BCUT2D eigenvalue weighted by atomic mass is 10.0. The normalized spacial score (nSPS) is 21.6. The van der Waals surface area contributed by atoms with Crippen LogP contribution in [-0.4, -0.2) is 46.3 Å². The summed E-state index contributed by atoms with van der Waals surface area (Å²) < 4.78 is 21.6. The highest BCUT2D eigenvalue weighted by Crippen LogP contribution is 2.43. The van der Waals surface area contributed by atoms with Gasteiger partial charge >= 0.3 is 0 Å². The topological polar surface area (TPSA) is 47.9 Å². The molecule has 1 heterocycles. The highest BCUT2D eigenvalue weighted by molar-refractivity contribution is 7.00. The van der Waals surface area contributed by atoms with E-state index >= 15 is 0 Å². The summed E-state index contributed by atoms with van der Waals surface area (Å²) in [4.78, 5) is 0. The van der Waals surface area contributed by atoms with Gasteiger partial charge in [-0.05, 0) is 37.7 Å². The van der Waals surface area contributed by atoms with Gasteiger partial charge < -0.3 is 18.7 Å². The molecule has 4 aromatic rings. The van der Waals surface area contributed by atoms with Crippen molar-refractivity contribution in [2.75, 3.05) is 0 Å². The van der Waals surface area contributed by atoms with Crippen LogP contribution in [0.4, 0.5) is 0 Å². The molecule has 0 bridgehead atoms. The molecule has 0 radical (unpaired) electrons. The number of aliphatic hydroxyl groups is 1. The van der Waals surface area contributed by atoms with Crippen molar-refractivity contribution < 1.29 is 18.7 Å². The summed E-state index contributed by atoms with van der Waals surface area (Å²) >= 11 is 0. The molecule has 0 spiro atoms. The molecule has 44 heavy (non-hydrogen) atoms. The van der Waals surface area contributed by atoms with Crippen molar-refractivity contribution in [3.05, 3.63) is 121 Å². The number of hydrogen-bond donors (Lipinski definition) is 1. The highest BCUT2D eigenvalue weighted by Gasteiger charge is 2.57. The molecule has 232 valence electrons. The van der Waals surface area contributed by atoms with Crippen molar-refractivity contribution in [1.82, 2.24) is 0 Å². The Morgan fingerprint density at radius 1 is 0.568 bits per heavy atom. The smallest absolute Gasteiger partial charge is 0.261 e. The maximum absolute atomic E-state index is 11.1. The zero-order valence-electron chi connectivity index (χ0n) is 27.2. The molecular formula is C38H48O4Si2. The molecule has 0 saturated carbocycles. The standard InChI is InChI=1S/C38H48O4Si2/c1-29-36(42-44(38(5,6)7,32-24-16-10-17-25-32)33-26-18-11-19-27-33)34(28-35(39)40-29)41-43(37(2,3)4,30-20-12-8-13-21-30)31-22-14-9-15-23-31/h8-27,29,34-36,39H,28H2,1-7H3/t29-,34-,35-,36-/m1/s1. The third kappa shape index (κ3) is 6.04. The van der Waals surface area contributed by atoms with Crippen LogP contribution < -0.4 is 20.7 Å². The van der Waals surface area contributed by atoms with Gasteiger partial charge in [-0.25, -0.2) is 0 Å². The predicted molar refractivity (Wildman–Crippen MR) is 186 cm³/mol. The van der Waals surface area contributed by atoms with Crippen molar-refractivity contribution >= 4 is 37.4 Å². The third-order valence-electron chi connectivity index (χ3n) is 9.11. The maximum atomic E-state index is 11.1. The first-order valence-corrected chi connectivity index (χ1v) is 19.6. The number of benzene rings is 4. The molecule has 5 rings (SSSR count). The molecule has 1 fully saturated rings. The Hall–Kier alpha value is -2.85. The summed E-state index contributed by atoms with van der Waals surface area (Å²) in [6.07, 6.45) is -1.80. The Labute approximate surface area is 266 Å². The van der Waals surface area contributed by atoms with Crippen molar-refractivity contribution in [1.29, 1.82) is 0 Å². The molecule has 0 aromatic heterocycles. The zero-order chi connectivity index (χ0) is 31.6. The van der Waals surface area contributed by atoms with Gasteiger partial charge in [0.25, 0.3) is 16.6 Å². The van der Waals surface area contributed by atoms with Gasteiger partial charge in [0.2, 0.25) is 0 Å². The van der Waals surface area contributed by atoms with Crippen LogP contribution in [0.1, 0.15) is 54.9 Å². The molecule has 4 nitrogen and oxygen atoms in total. The second-order valence-corrected chi connectivity index (χ2v) is 22.6. The van der Waals surface area contributed by atoms with Gasteiger partial charge in [0.05, 0.1) is 18.3 Å². The van der Waals surface area contributed by atoms with E-state index in [1.807, 2.05) is 6.92 Å².